The Bertz CT molecular complexity index is 439. The largest absolute Gasteiger partial charge is 0.493 e. The van der Waals surface area contributed by atoms with Gasteiger partial charge in [0.1, 0.15) is 0 Å². The molecule has 1 aliphatic carbocycles. The molecule has 1 N–H and O–H groups in total. The molecule has 0 radical (unpaired) electrons. The Morgan fingerprint density at radius 3 is 2.48 bits per heavy atom. The first kappa shape index (κ1) is 15.7. The molecule has 2 rings (SSSR count). The van der Waals surface area contributed by atoms with E-state index in [1.807, 2.05) is 24.3 Å². The van der Waals surface area contributed by atoms with Crippen molar-refractivity contribution in [2.24, 2.45) is 0 Å². The summed E-state index contributed by atoms with van der Waals surface area (Å²) in [5.74, 6) is 1.46. The molecule has 0 aliphatic heterocycles. The Hall–Kier alpha value is -1.71. The van der Waals surface area contributed by atoms with Crippen LogP contribution in [0.1, 0.15) is 44.9 Å². The van der Waals surface area contributed by atoms with E-state index in [2.05, 4.69) is 5.32 Å². The van der Waals surface area contributed by atoms with Gasteiger partial charge in [0.25, 0.3) is 0 Å². The van der Waals surface area contributed by atoms with Gasteiger partial charge in [0.05, 0.1) is 20.1 Å². The van der Waals surface area contributed by atoms with E-state index >= 15 is 0 Å². The predicted octanol–water partition coefficient (Wildman–Crippen LogP) is 3.30. The van der Waals surface area contributed by atoms with E-state index in [1.54, 1.807) is 7.11 Å². The van der Waals surface area contributed by atoms with Crippen molar-refractivity contribution >= 4 is 5.91 Å². The van der Waals surface area contributed by atoms with Crippen LogP contribution in [0, 0.1) is 0 Å². The third kappa shape index (κ3) is 5.29. The van der Waals surface area contributed by atoms with Crippen molar-refractivity contribution < 1.29 is 14.3 Å². The first-order chi connectivity index (χ1) is 10.3. The van der Waals surface area contributed by atoms with E-state index in [0.717, 1.165) is 12.8 Å². The van der Waals surface area contributed by atoms with Gasteiger partial charge in [0.15, 0.2) is 11.5 Å². The normalized spacial score (nSPS) is 16.0. The number of hydrogen-bond donors (Lipinski definition) is 1. The van der Waals surface area contributed by atoms with Crippen LogP contribution in [-0.4, -0.2) is 25.7 Å². The zero-order chi connectivity index (χ0) is 14.9. The van der Waals surface area contributed by atoms with E-state index in [1.165, 1.54) is 25.7 Å². The summed E-state index contributed by atoms with van der Waals surface area (Å²) < 4.78 is 10.8. The van der Waals surface area contributed by atoms with Crippen molar-refractivity contribution in [3.8, 4) is 11.5 Å². The summed E-state index contributed by atoms with van der Waals surface area (Å²) in [5.41, 5.74) is 0. The Morgan fingerprint density at radius 2 is 1.81 bits per heavy atom. The van der Waals surface area contributed by atoms with Crippen molar-refractivity contribution in [1.82, 2.24) is 5.32 Å². The number of nitrogens with one attached hydrogen (secondary N) is 1. The van der Waals surface area contributed by atoms with Gasteiger partial charge in [-0.1, -0.05) is 37.8 Å². The molecule has 0 aromatic heterocycles. The fraction of sp³-hybridized carbons (Fsp3) is 0.588. The number of methoxy groups -OCH3 is 1. The fourth-order valence-electron chi connectivity index (χ4n) is 2.72. The molecule has 4 heteroatoms. The first-order valence-electron chi connectivity index (χ1n) is 7.85. The van der Waals surface area contributed by atoms with Crippen LogP contribution in [0.25, 0.3) is 0 Å². The molecule has 0 saturated heterocycles. The lowest BCUT2D eigenvalue weighted by Gasteiger charge is -2.16. The molecule has 1 amide bonds. The molecule has 0 atom stereocenters. The lowest BCUT2D eigenvalue weighted by Crippen LogP contribution is -2.35. The first-order valence-corrected chi connectivity index (χ1v) is 7.85. The Kier molecular flexibility index (Phi) is 6.38. The number of rotatable bonds is 6. The minimum Gasteiger partial charge on any atom is -0.493 e. The van der Waals surface area contributed by atoms with Crippen LogP contribution in [0.4, 0.5) is 0 Å². The van der Waals surface area contributed by atoms with Crippen LogP contribution in [0.5, 0.6) is 11.5 Å². The maximum absolute atomic E-state index is 11.9. The van der Waals surface area contributed by atoms with Crippen LogP contribution < -0.4 is 14.8 Å². The van der Waals surface area contributed by atoms with Gasteiger partial charge in [-0.3, -0.25) is 4.79 Å². The highest BCUT2D eigenvalue weighted by molar-refractivity contribution is 5.76. The highest BCUT2D eigenvalue weighted by Gasteiger charge is 2.14. The number of carbonyl (C=O) groups excluding carboxylic acids is 1. The van der Waals surface area contributed by atoms with Crippen LogP contribution >= 0.6 is 0 Å². The third-order valence-electron chi connectivity index (χ3n) is 3.88. The standard InChI is InChI=1S/C17H25NO3/c1-20-15-10-6-7-11-16(15)21-13-12-17(19)18-14-8-4-2-3-5-9-14/h6-7,10-11,14H,2-5,8-9,12-13H2,1H3,(H,18,19). The zero-order valence-electron chi connectivity index (χ0n) is 12.8. The van der Waals surface area contributed by atoms with Crippen LogP contribution in [0.3, 0.4) is 0 Å². The molecule has 0 spiro atoms. The quantitative estimate of drug-likeness (QED) is 0.818. The van der Waals surface area contributed by atoms with E-state index in [9.17, 15) is 4.79 Å². The number of benzene rings is 1. The SMILES string of the molecule is COc1ccccc1OCCC(=O)NC1CCCCCC1. The molecule has 1 aliphatic rings. The number of hydrogen-bond acceptors (Lipinski definition) is 3. The lowest BCUT2D eigenvalue weighted by atomic mass is 10.1. The van der Waals surface area contributed by atoms with Gasteiger partial charge in [-0.25, -0.2) is 0 Å². The minimum atomic E-state index is 0.0804. The minimum absolute atomic E-state index is 0.0804. The summed E-state index contributed by atoms with van der Waals surface area (Å²) in [7, 11) is 1.61. The van der Waals surface area contributed by atoms with E-state index in [-0.39, 0.29) is 5.91 Å². The van der Waals surface area contributed by atoms with Gasteiger partial charge in [-0.05, 0) is 25.0 Å². The average Bonchev–Trinajstić information content (AvgIpc) is 2.76. The predicted molar refractivity (Wildman–Crippen MR) is 82.7 cm³/mol. The lowest BCUT2D eigenvalue weighted by molar-refractivity contribution is -0.122. The van der Waals surface area contributed by atoms with Gasteiger partial charge in [-0.15, -0.1) is 0 Å². The molecule has 1 fully saturated rings. The second-order valence-corrected chi connectivity index (χ2v) is 5.51. The zero-order valence-corrected chi connectivity index (χ0v) is 12.8. The molecule has 0 bridgehead atoms. The molecule has 1 aromatic carbocycles. The van der Waals surface area contributed by atoms with Gasteiger partial charge in [0, 0.05) is 6.04 Å². The van der Waals surface area contributed by atoms with Crippen molar-refractivity contribution in [2.45, 2.75) is 51.0 Å². The van der Waals surface area contributed by atoms with Crippen LogP contribution in [0.2, 0.25) is 0 Å². The Morgan fingerprint density at radius 1 is 1.14 bits per heavy atom. The second-order valence-electron chi connectivity index (χ2n) is 5.51. The monoisotopic (exact) mass is 291 g/mol. The van der Waals surface area contributed by atoms with Crippen LogP contribution in [-0.2, 0) is 4.79 Å². The van der Waals surface area contributed by atoms with Crippen LogP contribution in [0.15, 0.2) is 24.3 Å². The molecule has 0 heterocycles. The van der Waals surface area contributed by atoms with Crippen molar-refractivity contribution in [3.05, 3.63) is 24.3 Å². The van der Waals surface area contributed by atoms with Crippen molar-refractivity contribution in [2.75, 3.05) is 13.7 Å². The highest BCUT2D eigenvalue weighted by atomic mass is 16.5. The molecule has 1 saturated carbocycles. The van der Waals surface area contributed by atoms with Crippen molar-refractivity contribution in [1.29, 1.82) is 0 Å². The van der Waals surface area contributed by atoms with Gasteiger partial charge in [-0.2, -0.15) is 0 Å². The fourth-order valence-corrected chi connectivity index (χ4v) is 2.72. The molecule has 21 heavy (non-hydrogen) atoms. The molecule has 4 nitrogen and oxygen atoms in total. The maximum Gasteiger partial charge on any atom is 0.223 e. The summed E-state index contributed by atoms with van der Waals surface area (Å²) in [6, 6.07) is 7.84. The number of para-hydroxylation sites is 2. The Labute approximate surface area is 126 Å². The van der Waals surface area contributed by atoms with Crippen molar-refractivity contribution in [3.63, 3.8) is 0 Å². The van der Waals surface area contributed by atoms with E-state index < -0.39 is 0 Å². The summed E-state index contributed by atoms with van der Waals surface area (Å²) in [5, 5.41) is 3.12. The smallest absolute Gasteiger partial charge is 0.223 e. The summed E-state index contributed by atoms with van der Waals surface area (Å²) in [6.45, 7) is 0.374. The van der Waals surface area contributed by atoms with Gasteiger partial charge >= 0.3 is 0 Å². The molecular weight excluding hydrogens is 266 g/mol. The number of ether oxygens (including phenoxy) is 2. The van der Waals surface area contributed by atoms with E-state index in [0.29, 0.717) is 30.6 Å². The molecule has 1 aromatic rings. The second kappa shape index (κ2) is 8.55. The van der Waals surface area contributed by atoms with E-state index in [4.69, 9.17) is 9.47 Å². The summed E-state index contributed by atoms with van der Waals surface area (Å²) >= 11 is 0. The van der Waals surface area contributed by atoms with Gasteiger partial charge in [0.2, 0.25) is 5.91 Å². The van der Waals surface area contributed by atoms with Gasteiger partial charge < -0.3 is 14.8 Å². The summed E-state index contributed by atoms with van der Waals surface area (Å²) in [4.78, 5) is 11.9. The average molecular weight is 291 g/mol. The molecular formula is C17H25NO3. The maximum atomic E-state index is 11.9. The molecule has 0 unspecified atom stereocenters. The number of carbonyl (C=O) groups is 1. The highest BCUT2D eigenvalue weighted by Crippen LogP contribution is 2.25. The Balaban J connectivity index is 1.71. The summed E-state index contributed by atoms with van der Waals surface area (Å²) in [6.07, 6.45) is 7.64. The third-order valence-corrected chi connectivity index (χ3v) is 3.88. The topological polar surface area (TPSA) is 47.6 Å². The number of amides is 1. The molecule has 116 valence electrons.